The molecular weight excluding hydrogens is 272 g/mol. The number of thiazole rings is 1. The third kappa shape index (κ3) is 2.07. The minimum Gasteiger partial charge on any atom is -0.367 e. The van der Waals surface area contributed by atoms with Crippen LogP contribution >= 0.6 is 11.3 Å². The first-order valence-corrected chi connectivity index (χ1v) is 7.49. The summed E-state index contributed by atoms with van der Waals surface area (Å²) in [6, 6.07) is 8.09. The van der Waals surface area contributed by atoms with E-state index in [1.165, 1.54) is 0 Å². The summed E-state index contributed by atoms with van der Waals surface area (Å²) in [6.07, 6.45) is 1.86. The molecule has 0 radical (unpaired) electrons. The number of nitrogens with one attached hydrogen (secondary N) is 1. The molecule has 1 aliphatic heterocycles. The van der Waals surface area contributed by atoms with Crippen molar-refractivity contribution in [1.82, 2.24) is 15.0 Å². The van der Waals surface area contributed by atoms with Gasteiger partial charge in [-0.05, 0) is 12.1 Å². The molecule has 1 aliphatic rings. The van der Waals surface area contributed by atoms with Crippen molar-refractivity contribution in [3.05, 3.63) is 40.8 Å². The number of benzene rings is 1. The van der Waals surface area contributed by atoms with Crippen LogP contribution < -0.4 is 4.90 Å². The van der Waals surface area contributed by atoms with Gasteiger partial charge in [-0.1, -0.05) is 12.1 Å². The molecule has 3 aromatic rings. The molecule has 4 rings (SSSR count). The lowest BCUT2D eigenvalue weighted by Crippen LogP contribution is -2.38. The van der Waals surface area contributed by atoms with Crippen molar-refractivity contribution in [2.75, 3.05) is 24.6 Å². The smallest absolute Gasteiger partial charge is 0.204 e. The number of rotatable bonds is 2. The summed E-state index contributed by atoms with van der Waals surface area (Å²) in [4.78, 5) is 14.6. The molecule has 1 unspecified atom stereocenters. The summed E-state index contributed by atoms with van der Waals surface area (Å²) in [5, 5.41) is 3.02. The Balaban J connectivity index is 1.61. The van der Waals surface area contributed by atoms with E-state index in [1.54, 1.807) is 11.3 Å². The zero-order chi connectivity index (χ0) is 13.4. The minimum absolute atomic E-state index is 0.0389. The van der Waals surface area contributed by atoms with Gasteiger partial charge in [0.15, 0.2) is 0 Å². The zero-order valence-electron chi connectivity index (χ0n) is 10.8. The van der Waals surface area contributed by atoms with Crippen molar-refractivity contribution in [2.24, 2.45) is 0 Å². The maximum atomic E-state index is 5.81. The van der Waals surface area contributed by atoms with Crippen molar-refractivity contribution in [3.63, 3.8) is 0 Å². The number of H-pyrrole nitrogens is 1. The Bertz CT molecular complexity index is 676. The molecule has 3 heterocycles. The van der Waals surface area contributed by atoms with E-state index >= 15 is 0 Å². The molecule has 1 atom stereocenters. The van der Waals surface area contributed by atoms with Crippen LogP contribution in [0.1, 0.15) is 11.1 Å². The van der Waals surface area contributed by atoms with E-state index in [-0.39, 0.29) is 6.10 Å². The maximum Gasteiger partial charge on any atom is 0.204 e. The van der Waals surface area contributed by atoms with Gasteiger partial charge in [-0.25, -0.2) is 9.97 Å². The highest BCUT2D eigenvalue weighted by Crippen LogP contribution is 2.26. The molecular formula is C14H14N4OS. The van der Waals surface area contributed by atoms with Gasteiger partial charge in [0, 0.05) is 18.1 Å². The second kappa shape index (κ2) is 4.88. The first-order valence-electron chi connectivity index (χ1n) is 6.61. The van der Waals surface area contributed by atoms with E-state index < -0.39 is 0 Å². The fourth-order valence-electron chi connectivity index (χ4n) is 2.47. The number of para-hydroxylation sites is 2. The Morgan fingerprint density at radius 2 is 2.30 bits per heavy atom. The predicted octanol–water partition coefficient (Wildman–Crippen LogP) is 2.60. The molecule has 102 valence electrons. The molecule has 0 spiro atoms. The lowest BCUT2D eigenvalue weighted by Gasteiger charge is -2.31. The van der Waals surface area contributed by atoms with Crippen LogP contribution in [0.4, 0.5) is 5.95 Å². The van der Waals surface area contributed by atoms with Crippen LogP contribution in [0.3, 0.4) is 0 Å². The third-order valence-corrected chi connectivity index (χ3v) is 4.34. The van der Waals surface area contributed by atoms with E-state index in [9.17, 15) is 0 Å². The van der Waals surface area contributed by atoms with Gasteiger partial charge in [0.1, 0.15) is 11.1 Å². The highest BCUT2D eigenvalue weighted by molar-refractivity contribution is 7.09. The lowest BCUT2D eigenvalue weighted by atomic mass is 10.3. The third-order valence-electron chi connectivity index (χ3n) is 3.47. The van der Waals surface area contributed by atoms with E-state index in [4.69, 9.17) is 4.74 Å². The summed E-state index contributed by atoms with van der Waals surface area (Å²) in [5.41, 5.74) is 2.07. The molecule has 5 nitrogen and oxygen atoms in total. The standard InChI is InChI=1S/C14H14N4OS/c1-2-4-11-10(3-1)16-14(17-11)18-6-7-19-12(9-18)13-15-5-8-20-13/h1-5,8,12H,6-7,9H2,(H,16,17). The summed E-state index contributed by atoms with van der Waals surface area (Å²) < 4.78 is 5.81. The van der Waals surface area contributed by atoms with Crippen LogP contribution in [0.2, 0.25) is 0 Å². The fraction of sp³-hybridized carbons (Fsp3) is 0.286. The van der Waals surface area contributed by atoms with Crippen LogP contribution in [0.25, 0.3) is 11.0 Å². The van der Waals surface area contributed by atoms with Gasteiger partial charge < -0.3 is 14.6 Å². The number of morpholine rings is 1. The van der Waals surface area contributed by atoms with Gasteiger partial charge >= 0.3 is 0 Å². The summed E-state index contributed by atoms with van der Waals surface area (Å²) >= 11 is 1.64. The van der Waals surface area contributed by atoms with Crippen LogP contribution in [-0.4, -0.2) is 34.6 Å². The number of aromatic nitrogens is 3. The fourth-order valence-corrected chi connectivity index (χ4v) is 3.15. The molecule has 0 bridgehead atoms. The SMILES string of the molecule is c1ccc2[nH]c(N3CCOC(c4nccs4)C3)nc2c1. The topological polar surface area (TPSA) is 54.0 Å². The Labute approximate surface area is 120 Å². The summed E-state index contributed by atoms with van der Waals surface area (Å²) in [5.74, 6) is 0.913. The normalized spacial score (nSPS) is 19.6. The van der Waals surface area contributed by atoms with Gasteiger partial charge in [0.2, 0.25) is 5.95 Å². The Morgan fingerprint density at radius 3 is 3.15 bits per heavy atom. The molecule has 6 heteroatoms. The Kier molecular flexibility index (Phi) is 2.90. The second-order valence-electron chi connectivity index (χ2n) is 4.75. The van der Waals surface area contributed by atoms with Crippen molar-refractivity contribution in [3.8, 4) is 0 Å². The summed E-state index contributed by atoms with van der Waals surface area (Å²) in [7, 11) is 0. The number of anilines is 1. The molecule has 1 aromatic carbocycles. The van der Waals surface area contributed by atoms with Gasteiger partial charge in [-0.2, -0.15) is 0 Å². The van der Waals surface area contributed by atoms with E-state index in [1.807, 2.05) is 35.8 Å². The first kappa shape index (κ1) is 11.9. The lowest BCUT2D eigenvalue weighted by molar-refractivity contribution is 0.0391. The van der Waals surface area contributed by atoms with E-state index in [2.05, 4.69) is 19.9 Å². The van der Waals surface area contributed by atoms with Gasteiger partial charge in [-0.15, -0.1) is 11.3 Å². The number of fused-ring (bicyclic) bond motifs is 1. The van der Waals surface area contributed by atoms with Crippen LogP contribution in [0.5, 0.6) is 0 Å². The Morgan fingerprint density at radius 1 is 1.35 bits per heavy atom. The Hall–Kier alpha value is -1.92. The largest absolute Gasteiger partial charge is 0.367 e. The highest BCUT2D eigenvalue weighted by atomic mass is 32.1. The van der Waals surface area contributed by atoms with E-state index in [0.29, 0.717) is 6.61 Å². The summed E-state index contributed by atoms with van der Waals surface area (Å²) in [6.45, 7) is 2.33. The number of hydrogen-bond donors (Lipinski definition) is 1. The van der Waals surface area contributed by atoms with Crippen molar-refractivity contribution in [1.29, 1.82) is 0 Å². The quantitative estimate of drug-likeness (QED) is 0.786. The second-order valence-corrected chi connectivity index (χ2v) is 5.68. The van der Waals surface area contributed by atoms with Crippen LogP contribution in [-0.2, 0) is 4.74 Å². The number of ether oxygens (including phenoxy) is 1. The van der Waals surface area contributed by atoms with Crippen molar-refractivity contribution >= 4 is 28.3 Å². The van der Waals surface area contributed by atoms with Crippen molar-refractivity contribution < 1.29 is 4.74 Å². The number of nitrogens with zero attached hydrogens (tertiary/aromatic N) is 3. The van der Waals surface area contributed by atoms with Gasteiger partial charge in [0.25, 0.3) is 0 Å². The van der Waals surface area contributed by atoms with Gasteiger partial charge in [-0.3, -0.25) is 0 Å². The maximum absolute atomic E-state index is 5.81. The molecule has 20 heavy (non-hydrogen) atoms. The molecule has 2 aromatic heterocycles. The number of imidazole rings is 1. The molecule has 1 fully saturated rings. The van der Waals surface area contributed by atoms with Gasteiger partial charge in [0.05, 0.1) is 24.2 Å². The first-order chi connectivity index (χ1) is 9.90. The average molecular weight is 286 g/mol. The molecule has 1 N–H and O–H groups in total. The minimum atomic E-state index is 0.0389. The zero-order valence-corrected chi connectivity index (χ0v) is 11.6. The van der Waals surface area contributed by atoms with Crippen LogP contribution in [0, 0.1) is 0 Å². The molecule has 1 saturated heterocycles. The van der Waals surface area contributed by atoms with Crippen LogP contribution in [0.15, 0.2) is 35.8 Å². The predicted molar refractivity (Wildman–Crippen MR) is 79.1 cm³/mol. The van der Waals surface area contributed by atoms with E-state index in [0.717, 1.165) is 35.1 Å². The molecule has 0 amide bonds. The number of hydrogen-bond acceptors (Lipinski definition) is 5. The van der Waals surface area contributed by atoms with Crippen molar-refractivity contribution in [2.45, 2.75) is 6.10 Å². The average Bonchev–Trinajstić information content (AvgIpc) is 3.16. The number of aromatic amines is 1. The molecule has 0 saturated carbocycles. The molecule has 0 aliphatic carbocycles. The highest BCUT2D eigenvalue weighted by Gasteiger charge is 2.25. The monoisotopic (exact) mass is 286 g/mol.